The molecule has 0 bridgehead atoms. The molecule has 0 atom stereocenters. The molecule has 0 saturated heterocycles. The third kappa shape index (κ3) is 3.55. The minimum Gasteiger partial charge on any atom is -0.309 e. The number of hydrogen-bond acceptors (Lipinski definition) is 0. The Morgan fingerprint density at radius 3 is 1.35 bits per heavy atom. The normalized spacial score (nSPS) is 11.5. The number of hydrogen-bond donors (Lipinski definition) is 0. The van der Waals surface area contributed by atoms with Crippen LogP contribution in [0.5, 0.6) is 0 Å². The van der Waals surface area contributed by atoms with Crippen LogP contribution in [0.3, 0.4) is 0 Å². The standard InChI is InChI=1S/C36H27N/c1-2-25-15-17-26(18-16-25)29-23-24-30(32-10-4-3-9-31(29)32)27-19-21-28(22-20-27)37-35-13-7-5-11-33(35)34-12-6-8-14-36(34)37/h3-24H,2H2,1H3. The third-order valence-electron chi connectivity index (χ3n) is 7.61. The molecule has 6 aromatic carbocycles. The lowest BCUT2D eigenvalue weighted by Gasteiger charge is -2.14. The number of para-hydroxylation sites is 2. The van der Waals surface area contributed by atoms with Gasteiger partial charge in [0.1, 0.15) is 0 Å². The monoisotopic (exact) mass is 473 g/mol. The first kappa shape index (κ1) is 21.6. The van der Waals surface area contributed by atoms with Crippen LogP contribution in [-0.4, -0.2) is 4.57 Å². The Morgan fingerprint density at radius 2 is 0.865 bits per heavy atom. The number of rotatable bonds is 4. The van der Waals surface area contributed by atoms with Crippen LogP contribution in [0.25, 0.3) is 60.5 Å². The quantitative estimate of drug-likeness (QED) is 0.240. The number of aromatic nitrogens is 1. The molecule has 176 valence electrons. The molecule has 1 heteroatoms. The summed E-state index contributed by atoms with van der Waals surface area (Å²) in [6, 6.07) is 48.7. The van der Waals surface area contributed by atoms with Gasteiger partial charge in [-0.1, -0.05) is 116 Å². The Labute approximate surface area is 217 Å². The lowest BCUT2D eigenvalue weighted by molar-refractivity contribution is 1.14. The van der Waals surface area contributed by atoms with Gasteiger partial charge in [-0.25, -0.2) is 0 Å². The summed E-state index contributed by atoms with van der Waals surface area (Å²) in [7, 11) is 0. The van der Waals surface area contributed by atoms with Crippen LogP contribution in [0.15, 0.2) is 133 Å². The average Bonchev–Trinajstić information content (AvgIpc) is 3.31. The molecule has 1 nitrogen and oxygen atoms in total. The Hall–Kier alpha value is -4.62. The van der Waals surface area contributed by atoms with Gasteiger partial charge in [0.2, 0.25) is 0 Å². The predicted molar refractivity (Wildman–Crippen MR) is 159 cm³/mol. The summed E-state index contributed by atoms with van der Waals surface area (Å²) >= 11 is 0. The molecule has 0 aliphatic carbocycles. The number of nitrogens with zero attached hydrogens (tertiary/aromatic N) is 1. The van der Waals surface area contributed by atoms with Crippen molar-refractivity contribution in [1.29, 1.82) is 0 Å². The van der Waals surface area contributed by atoms with E-state index in [1.807, 2.05) is 0 Å². The molecule has 0 aliphatic rings. The molecule has 7 rings (SSSR count). The van der Waals surface area contributed by atoms with Gasteiger partial charge in [-0.05, 0) is 69.3 Å². The smallest absolute Gasteiger partial charge is 0.0541 e. The first-order valence-electron chi connectivity index (χ1n) is 13.0. The molecule has 1 heterocycles. The Kier molecular flexibility index (Phi) is 5.15. The predicted octanol–water partition coefficient (Wildman–Crippen LogP) is 9.83. The maximum Gasteiger partial charge on any atom is 0.0541 e. The van der Waals surface area contributed by atoms with E-state index in [0.29, 0.717) is 0 Å². The summed E-state index contributed by atoms with van der Waals surface area (Å²) < 4.78 is 2.37. The topological polar surface area (TPSA) is 4.93 Å². The minimum atomic E-state index is 1.06. The van der Waals surface area contributed by atoms with Crippen LogP contribution < -0.4 is 0 Å². The summed E-state index contributed by atoms with van der Waals surface area (Å²) in [6.07, 6.45) is 1.06. The van der Waals surface area contributed by atoms with Gasteiger partial charge >= 0.3 is 0 Å². The van der Waals surface area contributed by atoms with Crippen molar-refractivity contribution in [2.24, 2.45) is 0 Å². The molecule has 0 unspecified atom stereocenters. The molecule has 0 radical (unpaired) electrons. The van der Waals surface area contributed by atoms with Crippen LogP contribution in [0.4, 0.5) is 0 Å². The second kappa shape index (κ2) is 8.80. The Bertz CT molecular complexity index is 1830. The highest BCUT2D eigenvalue weighted by molar-refractivity contribution is 6.09. The van der Waals surface area contributed by atoms with E-state index < -0.39 is 0 Å². The molecular formula is C36H27N. The van der Waals surface area contributed by atoms with Crippen LogP contribution in [0.1, 0.15) is 12.5 Å². The highest BCUT2D eigenvalue weighted by Gasteiger charge is 2.13. The zero-order valence-electron chi connectivity index (χ0n) is 20.9. The van der Waals surface area contributed by atoms with E-state index in [-0.39, 0.29) is 0 Å². The van der Waals surface area contributed by atoms with E-state index >= 15 is 0 Å². The molecule has 0 spiro atoms. The van der Waals surface area contributed by atoms with E-state index in [2.05, 4.69) is 145 Å². The largest absolute Gasteiger partial charge is 0.309 e. The van der Waals surface area contributed by atoms with Gasteiger partial charge in [0.25, 0.3) is 0 Å². The van der Waals surface area contributed by atoms with Gasteiger partial charge in [-0.2, -0.15) is 0 Å². The number of aryl methyl sites for hydroxylation is 1. The van der Waals surface area contributed by atoms with Crippen molar-refractivity contribution in [2.75, 3.05) is 0 Å². The summed E-state index contributed by atoms with van der Waals surface area (Å²) in [6.45, 7) is 2.20. The second-order valence-corrected chi connectivity index (χ2v) is 9.67. The SMILES string of the molecule is CCc1ccc(-c2ccc(-c3ccc(-n4c5ccccc5c5ccccc54)cc3)c3ccccc23)cc1. The first-order chi connectivity index (χ1) is 18.3. The van der Waals surface area contributed by atoms with Crippen LogP contribution in [0.2, 0.25) is 0 Å². The van der Waals surface area contributed by atoms with E-state index in [4.69, 9.17) is 0 Å². The fraction of sp³-hybridized carbons (Fsp3) is 0.0556. The summed E-state index contributed by atoms with van der Waals surface area (Å²) in [4.78, 5) is 0. The highest BCUT2D eigenvalue weighted by Crippen LogP contribution is 2.37. The van der Waals surface area contributed by atoms with Crippen LogP contribution in [0, 0.1) is 0 Å². The molecule has 0 fully saturated rings. The van der Waals surface area contributed by atoms with Gasteiger partial charge in [0.05, 0.1) is 11.0 Å². The summed E-state index contributed by atoms with van der Waals surface area (Å²) in [5.41, 5.74) is 10.1. The van der Waals surface area contributed by atoms with Crippen molar-refractivity contribution >= 4 is 32.6 Å². The number of fused-ring (bicyclic) bond motifs is 4. The molecule has 7 aromatic rings. The highest BCUT2D eigenvalue weighted by atomic mass is 15.0. The molecule has 37 heavy (non-hydrogen) atoms. The van der Waals surface area contributed by atoms with E-state index in [0.717, 1.165) is 6.42 Å². The second-order valence-electron chi connectivity index (χ2n) is 9.67. The molecule has 1 aromatic heterocycles. The van der Waals surface area contributed by atoms with Crippen molar-refractivity contribution in [3.63, 3.8) is 0 Å². The molecule has 0 amide bonds. The maximum absolute atomic E-state index is 2.37. The van der Waals surface area contributed by atoms with E-state index in [1.165, 1.54) is 66.1 Å². The molecule has 0 saturated carbocycles. The summed E-state index contributed by atoms with van der Waals surface area (Å²) in [5.74, 6) is 0. The van der Waals surface area contributed by atoms with Gasteiger partial charge in [-0.3, -0.25) is 0 Å². The van der Waals surface area contributed by atoms with Crippen LogP contribution >= 0.6 is 0 Å². The minimum absolute atomic E-state index is 1.06. The fourth-order valence-corrected chi connectivity index (χ4v) is 5.71. The van der Waals surface area contributed by atoms with Crippen molar-refractivity contribution < 1.29 is 0 Å². The van der Waals surface area contributed by atoms with Crippen molar-refractivity contribution in [3.05, 3.63) is 139 Å². The zero-order chi connectivity index (χ0) is 24.8. The molecule has 0 N–H and O–H groups in total. The van der Waals surface area contributed by atoms with E-state index in [9.17, 15) is 0 Å². The zero-order valence-corrected chi connectivity index (χ0v) is 20.9. The van der Waals surface area contributed by atoms with Gasteiger partial charge < -0.3 is 4.57 Å². The maximum atomic E-state index is 2.37. The molecular weight excluding hydrogens is 446 g/mol. The van der Waals surface area contributed by atoms with Crippen molar-refractivity contribution in [3.8, 4) is 27.9 Å². The van der Waals surface area contributed by atoms with E-state index in [1.54, 1.807) is 0 Å². The lowest BCUT2D eigenvalue weighted by Crippen LogP contribution is -1.93. The lowest BCUT2D eigenvalue weighted by atomic mass is 9.91. The fourth-order valence-electron chi connectivity index (χ4n) is 5.71. The number of benzene rings is 6. The Morgan fingerprint density at radius 1 is 0.432 bits per heavy atom. The summed E-state index contributed by atoms with van der Waals surface area (Å²) in [5, 5.41) is 5.14. The Balaban J connectivity index is 1.35. The average molecular weight is 474 g/mol. The molecule has 0 aliphatic heterocycles. The van der Waals surface area contributed by atoms with Crippen LogP contribution in [-0.2, 0) is 6.42 Å². The van der Waals surface area contributed by atoms with Gasteiger partial charge in [-0.15, -0.1) is 0 Å². The third-order valence-corrected chi connectivity index (χ3v) is 7.61. The van der Waals surface area contributed by atoms with Crippen molar-refractivity contribution in [2.45, 2.75) is 13.3 Å². The first-order valence-corrected chi connectivity index (χ1v) is 13.0. The van der Waals surface area contributed by atoms with Gasteiger partial charge in [0.15, 0.2) is 0 Å². The van der Waals surface area contributed by atoms with Crippen molar-refractivity contribution in [1.82, 2.24) is 4.57 Å². The van der Waals surface area contributed by atoms with Gasteiger partial charge in [0, 0.05) is 16.5 Å².